The molecule has 0 aliphatic rings. The van der Waals surface area contributed by atoms with E-state index >= 15 is 0 Å². The molecule has 5 nitrogen and oxygen atoms in total. The van der Waals surface area contributed by atoms with Crippen molar-refractivity contribution >= 4 is 12.1 Å². The highest BCUT2D eigenvalue weighted by Crippen LogP contribution is 2.06. The maximum Gasteiger partial charge on any atom is 0.408 e. The lowest BCUT2D eigenvalue weighted by molar-refractivity contribution is -0.137. The Morgan fingerprint density at radius 1 is 1.53 bits per heavy atom. The van der Waals surface area contributed by atoms with Crippen molar-refractivity contribution in [2.45, 2.75) is 38.8 Å². The summed E-state index contributed by atoms with van der Waals surface area (Å²) in [4.78, 5) is 21.5. The molecule has 0 unspecified atom stereocenters. The average molecular weight is 213 g/mol. The normalized spacial score (nSPS) is 12.4. The minimum absolute atomic E-state index is 0.324. The van der Waals surface area contributed by atoms with Crippen molar-refractivity contribution in [3.63, 3.8) is 0 Å². The van der Waals surface area contributed by atoms with Crippen LogP contribution in [0, 0.1) is 12.3 Å². The molecule has 0 heterocycles. The fourth-order valence-electron chi connectivity index (χ4n) is 0.776. The van der Waals surface area contributed by atoms with Crippen LogP contribution in [-0.4, -0.2) is 28.8 Å². The Morgan fingerprint density at radius 3 is 2.40 bits per heavy atom. The number of hydrogen-bond acceptors (Lipinski definition) is 3. The highest BCUT2D eigenvalue weighted by molar-refractivity contribution is 5.72. The fraction of sp³-hybridized carbons (Fsp3) is 0.600. The van der Waals surface area contributed by atoms with Crippen molar-refractivity contribution in [1.29, 1.82) is 0 Å². The number of ether oxygens (including phenoxy) is 1. The Bertz CT molecular complexity index is 285. The molecule has 0 aromatic heterocycles. The minimum Gasteiger partial charge on any atom is -0.481 e. The first-order valence-electron chi connectivity index (χ1n) is 4.42. The zero-order valence-electron chi connectivity index (χ0n) is 9.03. The van der Waals surface area contributed by atoms with E-state index in [0.29, 0.717) is 0 Å². The largest absolute Gasteiger partial charge is 0.481 e. The second kappa shape index (κ2) is 5.25. The van der Waals surface area contributed by atoms with Gasteiger partial charge in [0.1, 0.15) is 11.6 Å². The Balaban J connectivity index is 4.15. The number of aliphatic carboxylic acids is 1. The van der Waals surface area contributed by atoms with Crippen molar-refractivity contribution < 1.29 is 19.4 Å². The minimum atomic E-state index is -1.07. The highest BCUT2D eigenvalue weighted by atomic mass is 16.6. The Kier molecular flexibility index (Phi) is 4.65. The number of carbonyl (C=O) groups excluding carboxylic acids is 1. The molecule has 0 bridgehead atoms. The van der Waals surface area contributed by atoms with Crippen LogP contribution in [0.5, 0.6) is 0 Å². The van der Waals surface area contributed by atoms with Crippen LogP contribution in [-0.2, 0) is 9.53 Å². The Hall–Kier alpha value is -1.70. The number of alkyl carbamates (subject to hydrolysis) is 1. The second-order valence-corrected chi connectivity index (χ2v) is 3.96. The number of carbonyl (C=O) groups is 2. The van der Waals surface area contributed by atoms with Gasteiger partial charge in [0.05, 0.1) is 6.42 Å². The van der Waals surface area contributed by atoms with E-state index in [4.69, 9.17) is 16.3 Å². The van der Waals surface area contributed by atoms with E-state index < -0.39 is 23.7 Å². The molecule has 0 fully saturated rings. The van der Waals surface area contributed by atoms with Crippen LogP contribution < -0.4 is 5.32 Å². The number of carboxylic acid groups (broad SMARTS) is 1. The molecule has 15 heavy (non-hydrogen) atoms. The second-order valence-electron chi connectivity index (χ2n) is 3.96. The van der Waals surface area contributed by atoms with Gasteiger partial charge in [-0.25, -0.2) is 4.79 Å². The molecule has 1 amide bonds. The van der Waals surface area contributed by atoms with Gasteiger partial charge in [0.25, 0.3) is 0 Å². The van der Waals surface area contributed by atoms with E-state index in [1.54, 1.807) is 20.8 Å². The number of carboxylic acids is 1. The third kappa shape index (κ3) is 7.38. The van der Waals surface area contributed by atoms with Crippen molar-refractivity contribution in [2.75, 3.05) is 0 Å². The van der Waals surface area contributed by atoms with Crippen molar-refractivity contribution in [3.05, 3.63) is 0 Å². The van der Waals surface area contributed by atoms with E-state index in [-0.39, 0.29) is 6.42 Å². The molecular weight excluding hydrogens is 198 g/mol. The van der Waals surface area contributed by atoms with Gasteiger partial charge in [-0.15, -0.1) is 6.42 Å². The molecule has 0 aromatic rings. The molecule has 2 N–H and O–H groups in total. The summed E-state index contributed by atoms with van der Waals surface area (Å²) in [6, 6.07) is -0.850. The van der Waals surface area contributed by atoms with E-state index in [2.05, 4.69) is 11.2 Å². The molecule has 0 spiro atoms. The van der Waals surface area contributed by atoms with Gasteiger partial charge in [0, 0.05) is 0 Å². The monoisotopic (exact) mass is 213 g/mol. The predicted molar refractivity (Wildman–Crippen MR) is 54.2 cm³/mol. The van der Waals surface area contributed by atoms with Crippen LogP contribution in [0.4, 0.5) is 4.79 Å². The van der Waals surface area contributed by atoms with E-state index in [1.807, 2.05) is 0 Å². The predicted octanol–water partition coefficient (Wildman–Crippen LogP) is 0.988. The third-order valence-electron chi connectivity index (χ3n) is 1.27. The maximum atomic E-state index is 11.2. The van der Waals surface area contributed by atoms with Crippen LogP contribution in [0.25, 0.3) is 0 Å². The van der Waals surface area contributed by atoms with Crippen molar-refractivity contribution in [1.82, 2.24) is 5.32 Å². The zero-order chi connectivity index (χ0) is 12.1. The first-order valence-corrected chi connectivity index (χ1v) is 4.42. The summed E-state index contributed by atoms with van der Waals surface area (Å²) < 4.78 is 4.91. The maximum absolute atomic E-state index is 11.2. The quantitative estimate of drug-likeness (QED) is 0.685. The van der Waals surface area contributed by atoms with Gasteiger partial charge in [-0.05, 0) is 20.8 Å². The fourth-order valence-corrected chi connectivity index (χ4v) is 0.776. The molecule has 0 aliphatic carbocycles. The summed E-state index contributed by atoms with van der Waals surface area (Å²) >= 11 is 0. The van der Waals surface area contributed by atoms with Crippen LogP contribution in [0.2, 0.25) is 0 Å². The third-order valence-corrected chi connectivity index (χ3v) is 1.27. The van der Waals surface area contributed by atoms with Gasteiger partial charge >= 0.3 is 12.1 Å². The molecule has 0 saturated carbocycles. The lowest BCUT2D eigenvalue weighted by Gasteiger charge is -2.21. The summed E-state index contributed by atoms with van der Waals surface area (Å²) in [5, 5.41) is 10.7. The molecule has 0 radical (unpaired) electrons. The van der Waals surface area contributed by atoms with Gasteiger partial charge in [-0.2, -0.15) is 0 Å². The summed E-state index contributed by atoms with van der Waals surface area (Å²) in [5.74, 6) is 1.08. The molecular formula is C10H15NO4. The van der Waals surface area contributed by atoms with E-state index in [0.717, 1.165) is 0 Å². The summed E-state index contributed by atoms with van der Waals surface area (Å²) in [6.45, 7) is 5.11. The molecule has 5 heteroatoms. The topological polar surface area (TPSA) is 75.6 Å². The SMILES string of the molecule is C#C[C@H](CC(=O)O)NC(=O)OC(C)(C)C. The molecule has 1 atom stereocenters. The van der Waals surface area contributed by atoms with Crippen LogP contribution in [0.3, 0.4) is 0 Å². The number of rotatable bonds is 3. The lowest BCUT2D eigenvalue weighted by Crippen LogP contribution is -2.39. The standard InChI is InChI=1S/C10H15NO4/c1-5-7(6-8(12)13)11-9(14)15-10(2,3)4/h1,7H,6H2,2-4H3,(H,11,14)(H,12,13)/t7-/m1/s1. The van der Waals surface area contributed by atoms with Gasteiger partial charge in [0.2, 0.25) is 0 Å². The molecule has 84 valence electrons. The van der Waals surface area contributed by atoms with Crippen molar-refractivity contribution in [2.24, 2.45) is 0 Å². The summed E-state index contributed by atoms with van der Waals surface area (Å²) in [7, 11) is 0. The average Bonchev–Trinajstić information content (AvgIpc) is 1.98. The van der Waals surface area contributed by atoms with Gasteiger partial charge in [-0.3, -0.25) is 4.79 Å². The van der Waals surface area contributed by atoms with Crippen molar-refractivity contribution in [3.8, 4) is 12.3 Å². The first-order chi connectivity index (χ1) is 6.74. The first kappa shape index (κ1) is 13.3. The summed E-state index contributed by atoms with van der Waals surface area (Å²) in [6.07, 6.45) is 4.01. The van der Waals surface area contributed by atoms with Crippen LogP contribution in [0.1, 0.15) is 27.2 Å². The molecule has 0 saturated heterocycles. The Morgan fingerprint density at radius 2 is 2.07 bits per heavy atom. The Labute approximate surface area is 88.8 Å². The summed E-state index contributed by atoms with van der Waals surface area (Å²) in [5.41, 5.74) is -0.632. The number of nitrogens with one attached hydrogen (secondary N) is 1. The van der Waals surface area contributed by atoms with E-state index in [9.17, 15) is 9.59 Å². The van der Waals surface area contributed by atoms with Gasteiger partial charge < -0.3 is 15.2 Å². The number of hydrogen-bond donors (Lipinski definition) is 2. The molecule has 0 aliphatic heterocycles. The smallest absolute Gasteiger partial charge is 0.408 e. The molecule has 0 aromatic carbocycles. The van der Waals surface area contributed by atoms with Crippen LogP contribution in [0.15, 0.2) is 0 Å². The van der Waals surface area contributed by atoms with Crippen LogP contribution >= 0.6 is 0 Å². The van der Waals surface area contributed by atoms with E-state index in [1.165, 1.54) is 0 Å². The number of terminal acetylenes is 1. The number of amides is 1. The lowest BCUT2D eigenvalue weighted by atomic mass is 10.2. The van der Waals surface area contributed by atoms with Gasteiger partial charge in [0.15, 0.2) is 0 Å². The highest BCUT2D eigenvalue weighted by Gasteiger charge is 2.19. The molecule has 0 rings (SSSR count). The van der Waals surface area contributed by atoms with Gasteiger partial charge in [-0.1, -0.05) is 5.92 Å². The zero-order valence-corrected chi connectivity index (χ0v) is 9.03.